The zero-order valence-electron chi connectivity index (χ0n) is 12.3. The first-order valence-electron chi connectivity index (χ1n) is 7.68. The van der Waals surface area contributed by atoms with Gasteiger partial charge in [0.15, 0.2) is 0 Å². The van der Waals surface area contributed by atoms with E-state index in [9.17, 15) is 0 Å². The van der Waals surface area contributed by atoms with Crippen LogP contribution in [0.1, 0.15) is 31.3 Å². The topological polar surface area (TPSA) is 46.6 Å². The van der Waals surface area contributed by atoms with Crippen LogP contribution in [0.15, 0.2) is 24.4 Å². The Labute approximate surface area is 120 Å². The second-order valence-electron chi connectivity index (χ2n) is 5.76. The van der Waals surface area contributed by atoms with Crippen molar-refractivity contribution in [1.82, 2.24) is 14.3 Å². The summed E-state index contributed by atoms with van der Waals surface area (Å²) in [5.41, 5.74) is 8.17. The quantitative estimate of drug-likeness (QED) is 0.927. The third kappa shape index (κ3) is 2.58. The summed E-state index contributed by atoms with van der Waals surface area (Å²) in [6.45, 7) is 6.43. The van der Waals surface area contributed by atoms with Gasteiger partial charge in [-0.1, -0.05) is 13.0 Å². The van der Waals surface area contributed by atoms with Crippen LogP contribution in [0, 0.1) is 5.92 Å². The lowest BCUT2D eigenvalue weighted by atomic mass is 9.94. The maximum absolute atomic E-state index is 5.86. The number of hydrogen-bond donors (Lipinski definition) is 1. The molecule has 0 aromatic carbocycles. The van der Waals surface area contributed by atoms with E-state index in [0.717, 1.165) is 30.1 Å². The number of fused-ring (bicyclic) bond motifs is 1. The molecular weight excluding hydrogens is 248 g/mol. The molecule has 4 heteroatoms. The van der Waals surface area contributed by atoms with Crippen molar-refractivity contribution in [1.29, 1.82) is 0 Å². The Balaban J connectivity index is 1.84. The zero-order chi connectivity index (χ0) is 13.9. The lowest BCUT2D eigenvalue weighted by Crippen LogP contribution is -2.36. The molecule has 0 amide bonds. The fourth-order valence-electron chi connectivity index (χ4n) is 3.35. The smallest absolute Gasteiger partial charge is 0.113 e. The molecule has 1 atom stereocenters. The average molecular weight is 272 g/mol. The monoisotopic (exact) mass is 272 g/mol. The van der Waals surface area contributed by atoms with E-state index in [4.69, 9.17) is 5.73 Å². The van der Waals surface area contributed by atoms with Crippen molar-refractivity contribution in [2.45, 2.75) is 32.7 Å². The standard InChI is InChI=1S/C16H24N4/c1-2-19-8-4-5-13(12-19)9-16-18-11-15-7-3-6-14(10-17)20(15)16/h3,6-7,11,13H,2,4-5,8-10,12,17H2,1H3. The molecule has 1 aliphatic rings. The second kappa shape index (κ2) is 5.94. The lowest BCUT2D eigenvalue weighted by molar-refractivity contribution is 0.180. The minimum atomic E-state index is 0.562. The van der Waals surface area contributed by atoms with E-state index in [1.807, 2.05) is 6.20 Å². The summed E-state index contributed by atoms with van der Waals surface area (Å²) < 4.78 is 2.24. The van der Waals surface area contributed by atoms with E-state index in [-0.39, 0.29) is 0 Å². The van der Waals surface area contributed by atoms with Gasteiger partial charge in [-0.3, -0.25) is 4.40 Å². The fraction of sp³-hybridized carbons (Fsp3) is 0.562. The van der Waals surface area contributed by atoms with Gasteiger partial charge in [0, 0.05) is 25.2 Å². The summed E-state index contributed by atoms with van der Waals surface area (Å²) in [7, 11) is 0. The molecular formula is C16H24N4. The molecule has 1 fully saturated rings. The fourth-order valence-corrected chi connectivity index (χ4v) is 3.35. The van der Waals surface area contributed by atoms with E-state index < -0.39 is 0 Å². The van der Waals surface area contributed by atoms with Crippen LogP contribution in [0.3, 0.4) is 0 Å². The number of hydrogen-bond acceptors (Lipinski definition) is 3. The number of likely N-dealkylation sites (tertiary alicyclic amines) is 1. The molecule has 0 saturated carbocycles. The normalized spacial score (nSPS) is 20.6. The third-order valence-electron chi connectivity index (χ3n) is 4.44. The summed E-state index contributed by atoms with van der Waals surface area (Å²) in [6, 6.07) is 6.26. The number of aromatic nitrogens is 2. The number of rotatable bonds is 4. The molecule has 3 heterocycles. The maximum Gasteiger partial charge on any atom is 0.113 e. The largest absolute Gasteiger partial charge is 0.325 e. The number of imidazole rings is 1. The molecule has 0 spiro atoms. The summed E-state index contributed by atoms with van der Waals surface area (Å²) in [6.07, 6.45) is 5.65. The number of pyridine rings is 1. The molecule has 2 aromatic heterocycles. The average Bonchev–Trinajstić information content (AvgIpc) is 2.90. The highest BCUT2D eigenvalue weighted by Gasteiger charge is 2.21. The van der Waals surface area contributed by atoms with Gasteiger partial charge in [0.25, 0.3) is 0 Å². The molecule has 1 aliphatic heterocycles. The van der Waals surface area contributed by atoms with E-state index in [1.54, 1.807) is 0 Å². The Bertz CT molecular complexity index is 575. The SMILES string of the molecule is CCN1CCCC(Cc2ncc3cccc(CN)n23)C1. The Kier molecular flexibility index (Phi) is 4.03. The maximum atomic E-state index is 5.86. The summed E-state index contributed by atoms with van der Waals surface area (Å²) in [5.74, 6) is 1.89. The van der Waals surface area contributed by atoms with E-state index in [0.29, 0.717) is 6.54 Å². The van der Waals surface area contributed by atoms with E-state index in [2.05, 4.69) is 39.4 Å². The molecule has 0 bridgehead atoms. The predicted molar refractivity (Wildman–Crippen MR) is 81.6 cm³/mol. The van der Waals surface area contributed by atoms with Gasteiger partial charge in [-0.2, -0.15) is 0 Å². The van der Waals surface area contributed by atoms with Gasteiger partial charge in [-0.15, -0.1) is 0 Å². The molecule has 0 aliphatic carbocycles. The van der Waals surface area contributed by atoms with Gasteiger partial charge in [0.05, 0.1) is 11.7 Å². The number of piperidine rings is 1. The summed E-state index contributed by atoms with van der Waals surface area (Å²) in [4.78, 5) is 7.19. The van der Waals surface area contributed by atoms with Gasteiger partial charge in [-0.25, -0.2) is 4.98 Å². The highest BCUT2D eigenvalue weighted by molar-refractivity contribution is 5.47. The first-order chi connectivity index (χ1) is 9.81. The Morgan fingerprint density at radius 3 is 3.10 bits per heavy atom. The van der Waals surface area contributed by atoms with Crippen molar-refractivity contribution in [2.24, 2.45) is 11.7 Å². The Hall–Kier alpha value is -1.39. The molecule has 0 radical (unpaired) electrons. The van der Waals surface area contributed by atoms with Crippen molar-refractivity contribution in [3.63, 3.8) is 0 Å². The molecule has 20 heavy (non-hydrogen) atoms. The third-order valence-corrected chi connectivity index (χ3v) is 4.44. The highest BCUT2D eigenvalue weighted by atomic mass is 15.1. The van der Waals surface area contributed by atoms with Crippen molar-refractivity contribution in [3.8, 4) is 0 Å². The van der Waals surface area contributed by atoms with Crippen LogP contribution in [0.25, 0.3) is 5.52 Å². The molecule has 1 unspecified atom stereocenters. The number of nitrogens with zero attached hydrogens (tertiary/aromatic N) is 3. The lowest BCUT2D eigenvalue weighted by Gasteiger charge is -2.31. The predicted octanol–water partition coefficient (Wildman–Crippen LogP) is 2.07. The van der Waals surface area contributed by atoms with Crippen molar-refractivity contribution < 1.29 is 0 Å². The summed E-state index contributed by atoms with van der Waals surface area (Å²) >= 11 is 0. The molecule has 1 saturated heterocycles. The van der Waals surface area contributed by atoms with Crippen molar-refractivity contribution >= 4 is 5.52 Å². The van der Waals surface area contributed by atoms with E-state index >= 15 is 0 Å². The minimum absolute atomic E-state index is 0.562. The van der Waals surface area contributed by atoms with Crippen molar-refractivity contribution in [2.75, 3.05) is 19.6 Å². The van der Waals surface area contributed by atoms with Crippen LogP contribution in [-0.4, -0.2) is 33.9 Å². The highest BCUT2D eigenvalue weighted by Crippen LogP contribution is 2.21. The first-order valence-corrected chi connectivity index (χ1v) is 7.68. The van der Waals surface area contributed by atoms with Gasteiger partial charge >= 0.3 is 0 Å². The van der Waals surface area contributed by atoms with E-state index in [1.165, 1.54) is 31.8 Å². The van der Waals surface area contributed by atoms with Crippen LogP contribution in [0.2, 0.25) is 0 Å². The second-order valence-corrected chi connectivity index (χ2v) is 5.76. The molecule has 2 aromatic rings. The molecule has 4 nitrogen and oxygen atoms in total. The Morgan fingerprint density at radius 2 is 2.30 bits per heavy atom. The molecule has 108 valence electrons. The van der Waals surface area contributed by atoms with Crippen LogP contribution in [0.5, 0.6) is 0 Å². The van der Waals surface area contributed by atoms with Gasteiger partial charge in [0.1, 0.15) is 5.82 Å². The molecule has 2 N–H and O–H groups in total. The Morgan fingerprint density at radius 1 is 1.40 bits per heavy atom. The van der Waals surface area contributed by atoms with Crippen LogP contribution in [0.4, 0.5) is 0 Å². The van der Waals surface area contributed by atoms with Crippen LogP contribution in [-0.2, 0) is 13.0 Å². The van der Waals surface area contributed by atoms with Gasteiger partial charge in [0.2, 0.25) is 0 Å². The van der Waals surface area contributed by atoms with Crippen LogP contribution >= 0.6 is 0 Å². The van der Waals surface area contributed by atoms with Crippen molar-refractivity contribution in [3.05, 3.63) is 35.9 Å². The van der Waals surface area contributed by atoms with Gasteiger partial charge in [-0.05, 0) is 44.0 Å². The van der Waals surface area contributed by atoms with Gasteiger partial charge < -0.3 is 10.6 Å². The zero-order valence-corrected chi connectivity index (χ0v) is 12.3. The first kappa shape index (κ1) is 13.6. The van der Waals surface area contributed by atoms with Crippen LogP contribution < -0.4 is 5.73 Å². The number of nitrogens with two attached hydrogens (primary N) is 1. The summed E-state index contributed by atoms with van der Waals surface area (Å²) in [5, 5.41) is 0. The minimum Gasteiger partial charge on any atom is -0.325 e. The molecule has 3 rings (SSSR count).